The molecule has 1 aliphatic carbocycles. The van der Waals surface area contributed by atoms with Gasteiger partial charge < -0.3 is 5.32 Å². The molecule has 4 nitrogen and oxygen atoms in total. The van der Waals surface area contributed by atoms with Gasteiger partial charge in [-0.3, -0.25) is 4.90 Å². The molecule has 0 aromatic heterocycles. The van der Waals surface area contributed by atoms with E-state index in [4.69, 9.17) is 0 Å². The van der Waals surface area contributed by atoms with Gasteiger partial charge >= 0.3 is 0 Å². The fourth-order valence-corrected chi connectivity index (χ4v) is 3.28. The van der Waals surface area contributed by atoms with E-state index < -0.39 is 9.84 Å². The first-order chi connectivity index (χ1) is 8.02. The first-order valence-corrected chi connectivity index (χ1v) is 8.52. The molecule has 0 aromatic rings. The van der Waals surface area contributed by atoms with Gasteiger partial charge in [-0.05, 0) is 25.7 Å². The number of sulfone groups is 1. The van der Waals surface area contributed by atoms with Gasteiger partial charge in [-0.25, -0.2) is 8.42 Å². The van der Waals surface area contributed by atoms with E-state index in [0.717, 1.165) is 19.0 Å². The van der Waals surface area contributed by atoms with Crippen LogP contribution in [-0.2, 0) is 9.84 Å². The summed E-state index contributed by atoms with van der Waals surface area (Å²) in [5.41, 5.74) is 0. The molecule has 2 atom stereocenters. The molecule has 0 bridgehead atoms. The number of hydrogen-bond acceptors (Lipinski definition) is 4. The molecule has 0 aromatic carbocycles. The van der Waals surface area contributed by atoms with E-state index in [2.05, 4.69) is 17.1 Å². The van der Waals surface area contributed by atoms with Gasteiger partial charge in [-0.15, -0.1) is 0 Å². The molecule has 1 aliphatic heterocycles. The average Bonchev–Trinajstić information content (AvgIpc) is 3.12. The van der Waals surface area contributed by atoms with Crippen molar-refractivity contribution in [2.75, 3.05) is 31.1 Å². The highest BCUT2D eigenvalue weighted by Gasteiger charge is 2.36. The summed E-state index contributed by atoms with van der Waals surface area (Å²) in [6.07, 6.45) is 2.68. The lowest BCUT2D eigenvalue weighted by atomic mass is 10.1. The van der Waals surface area contributed by atoms with Crippen molar-refractivity contribution < 1.29 is 8.42 Å². The highest BCUT2D eigenvalue weighted by molar-refractivity contribution is 7.91. The molecule has 2 aliphatic rings. The standard InChI is InChI=1S/C12H24N2O2S/c1-3-17(15,16)7-6-14-9-12(11-4-5-11)13-8-10(14)2/h10-13H,3-9H2,1-2H3. The maximum Gasteiger partial charge on any atom is 0.151 e. The van der Waals surface area contributed by atoms with Gasteiger partial charge in [0.25, 0.3) is 0 Å². The van der Waals surface area contributed by atoms with Crippen LogP contribution in [-0.4, -0.2) is 56.5 Å². The van der Waals surface area contributed by atoms with Gasteiger partial charge in [0, 0.05) is 37.5 Å². The molecular formula is C12H24N2O2S. The summed E-state index contributed by atoms with van der Waals surface area (Å²) in [5.74, 6) is 1.41. The number of piperazine rings is 1. The third-order valence-corrected chi connectivity index (χ3v) is 5.73. The van der Waals surface area contributed by atoms with E-state index in [1.54, 1.807) is 6.92 Å². The fraction of sp³-hybridized carbons (Fsp3) is 1.00. The van der Waals surface area contributed by atoms with Crippen LogP contribution in [0.4, 0.5) is 0 Å². The van der Waals surface area contributed by atoms with Gasteiger partial charge in [0.05, 0.1) is 5.75 Å². The molecular weight excluding hydrogens is 236 g/mol. The van der Waals surface area contributed by atoms with Crippen LogP contribution in [0.15, 0.2) is 0 Å². The van der Waals surface area contributed by atoms with E-state index in [-0.39, 0.29) is 5.75 Å². The molecule has 1 saturated heterocycles. The summed E-state index contributed by atoms with van der Waals surface area (Å²) < 4.78 is 23.1. The van der Waals surface area contributed by atoms with Crippen molar-refractivity contribution in [2.24, 2.45) is 5.92 Å². The first-order valence-electron chi connectivity index (χ1n) is 6.69. The zero-order valence-electron chi connectivity index (χ0n) is 10.9. The van der Waals surface area contributed by atoms with E-state index in [0.29, 0.717) is 24.4 Å². The lowest BCUT2D eigenvalue weighted by Crippen LogP contribution is -2.57. The van der Waals surface area contributed by atoms with Crippen molar-refractivity contribution in [1.82, 2.24) is 10.2 Å². The van der Waals surface area contributed by atoms with Crippen LogP contribution in [0.3, 0.4) is 0 Å². The SMILES string of the molecule is CCS(=O)(=O)CCN1CC(C2CC2)NCC1C. The van der Waals surface area contributed by atoms with Gasteiger partial charge in [-0.1, -0.05) is 6.92 Å². The van der Waals surface area contributed by atoms with Crippen LogP contribution in [0.1, 0.15) is 26.7 Å². The van der Waals surface area contributed by atoms with Gasteiger partial charge in [0.1, 0.15) is 0 Å². The minimum Gasteiger partial charge on any atom is -0.311 e. The Morgan fingerprint density at radius 3 is 2.65 bits per heavy atom. The monoisotopic (exact) mass is 260 g/mol. The average molecular weight is 260 g/mol. The Bertz CT molecular complexity index is 352. The number of hydrogen-bond donors (Lipinski definition) is 1. The third kappa shape index (κ3) is 3.66. The topological polar surface area (TPSA) is 49.4 Å². The second-order valence-electron chi connectivity index (χ2n) is 5.43. The first kappa shape index (κ1) is 13.3. The van der Waals surface area contributed by atoms with E-state index in [9.17, 15) is 8.42 Å². The van der Waals surface area contributed by atoms with Gasteiger partial charge in [0.2, 0.25) is 0 Å². The van der Waals surface area contributed by atoms with E-state index in [1.165, 1.54) is 12.8 Å². The van der Waals surface area contributed by atoms with Crippen LogP contribution < -0.4 is 5.32 Å². The van der Waals surface area contributed by atoms with Crippen molar-refractivity contribution in [1.29, 1.82) is 0 Å². The smallest absolute Gasteiger partial charge is 0.151 e. The predicted molar refractivity (Wildman–Crippen MR) is 69.9 cm³/mol. The Morgan fingerprint density at radius 1 is 1.35 bits per heavy atom. The molecule has 100 valence electrons. The second-order valence-corrected chi connectivity index (χ2v) is 7.91. The molecule has 5 heteroatoms. The molecule has 1 N–H and O–H groups in total. The largest absolute Gasteiger partial charge is 0.311 e. The maximum atomic E-state index is 11.5. The lowest BCUT2D eigenvalue weighted by Gasteiger charge is -2.39. The van der Waals surface area contributed by atoms with Gasteiger partial charge in [0.15, 0.2) is 9.84 Å². The quantitative estimate of drug-likeness (QED) is 0.782. The zero-order chi connectivity index (χ0) is 12.5. The Balaban J connectivity index is 1.85. The Morgan fingerprint density at radius 2 is 2.06 bits per heavy atom. The summed E-state index contributed by atoms with van der Waals surface area (Å²) in [6, 6.07) is 1.05. The van der Waals surface area contributed by atoms with Gasteiger partial charge in [-0.2, -0.15) is 0 Å². The van der Waals surface area contributed by atoms with Crippen LogP contribution in [0, 0.1) is 5.92 Å². The third-order valence-electron chi connectivity index (χ3n) is 4.05. The zero-order valence-corrected chi connectivity index (χ0v) is 11.7. The van der Waals surface area contributed by atoms with Crippen molar-refractivity contribution in [2.45, 2.75) is 38.8 Å². The molecule has 2 unspecified atom stereocenters. The summed E-state index contributed by atoms with van der Waals surface area (Å²) in [7, 11) is -2.83. The Kier molecular flexibility index (Phi) is 4.10. The summed E-state index contributed by atoms with van der Waals surface area (Å²) >= 11 is 0. The molecule has 0 radical (unpaired) electrons. The number of nitrogens with zero attached hydrogens (tertiary/aromatic N) is 1. The molecule has 0 amide bonds. The molecule has 1 saturated carbocycles. The van der Waals surface area contributed by atoms with Crippen molar-refractivity contribution >= 4 is 9.84 Å². The van der Waals surface area contributed by atoms with Crippen molar-refractivity contribution in [3.05, 3.63) is 0 Å². The molecule has 0 spiro atoms. The fourth-order valence-electron chi connectivity index (χ4n) is 2.47. The lowest BCUT2D eigenvalue weighted by molar-refractivity contribution is 0.140. The van der Waals surface area contributed by atoms with Crippen LogP contribution in [0.25, 0.3) is 0 Å². The summed E-state index contributed by atoms with van der Waals surface area (Å²) in [4.78, 5) is 2.34. The normalized spacial score (nSPS) is 31.6. The molecule has 2 fully saturated rings. The molecule has 2 rings (SSSR count). The highest BCUT2D eigenvalue weighted by atomic mass is 32.2. The highest BCUT2D eigenvalue weighted by Crippen LogP contribution is 2.34. The summed E-state index contributed by atoms with van der Waals surface area (Å²) in [6.45, 7) is 6.61. The van der Waals surface area contributed by atoms with Crippen LogP contribution >= 0.6 is 0 Å². The van der Waals surface area contributed by atoms with Crippen LogP contribution in [0.2, 0.25) is 0 Å². The summed E-state index contributed by atoms with van der Waals surface area (Å²) in [5, 5.41) is 3.58. The number of nitrogens with one attached hydrogen (secondary N) is 1. The minimum atomic E-state index is -2.83. The van der Waals surface area contributed by atoms with Crippen molar-refractivity contribution in [3.63, 3.8) is 0 Å². The molecule has 17 heavy (non-hydrogen) atoms. The van der Waals surface area contributed by atoms with E-state index >= 15 is 0 Å². The van der Waals surface area contributed by atoms with E-state index in [1.807, 2.05) is 0 Å². The minimum absolute atomic E-state index is 0.263. The van der Waals surface area contributed by atoms with Crippen LogP contribution in [0.5, 0.6) is 0 Å². The molecule has 1 heterocycles. The maximum absolute atomic E-state index is 11.5. The Hall–Kier alpha value is -0.130. The van der Waals surface area contributed by atoms with Crippen molar-refractivity contribution in [3.8, 4) is 0 Å². The number of rotatable bonds is 5. The predicted octanol–water partition coefficient (Wildman–Crippen LogP) is 0.493. The Labute approximate surface area is 105 Å². The second kappa shape index (κ2) is 5.24.